The summed E-state index contributed by atoms with van der Waals surface area (Å²) in [4.78, 5) is 33.9. The third-order valence-corrected chi connectivity index (χ3v) is 5.58. The number of anilines is 2. The summed E-state index contributed by atoms with van der Waals surface area (Å²) < 4.78 is 24.1. The zero-order chi connectivity index (χ0) is 24.1. The topological polar surface area (TPSA) is 84.0 Å². The molecule has 9 heteroatoms. The maximum absolute atomic E-state index is 13.5. The molecule has 8 nitrogen and oxygen atoms in total. The summed E-state index contributed by atoms with van der Waals surface area (Å²) in [5, 5.41) is 3.02. The van der Waals surface area contributed by atoms with Crippen LogP contribution in [-0.4, -0.2) is 67.0 Å². The van der Waals surface area contributed by atoms with Gasteiger partial charge in [0.25, 0.3) is 11.8 Å². The molecule has 0 atom stereocenters. The highest BCUT2D eigenvalue weighted by Crippen LogP contribution is 2.25. The molecule has 3 aromatic rings. The van der Waals surface area contributed by atoms with Crippen LogP contribution in [0, 0.1) is 5.82 Å². The van der Waals surface area contributed by atoms with E-state index in [1.807, 2.05) is 0 Å². The van der Waals surface area contributed by atoms with E-state index in [9.17, 15) is 14.0 Å². The Labute approximate surface area is 196 Å². The van der Waals surface area contributed by atoms with Gasteiger partial charge in [-0.25, -0.2) is 9.37 Å². The molecule has 0 spiro atoms. The zero-order valence-electron chi connectivity index (χ0n) is 19.0. The molecule has 0 aliphatic carbocycles. The van der Waals surface area contributed by atoms with Gasteiger partial charge in [-0.15, -0.1) is 0 Å². The van der Waals surface area contributed by atoms with E-state index in [0.717, 1.165) is 0 Å². The van der Waals surface area contributed by atoms with Crippen molar-refractivity contribution in [1.82, 2.24) is 14.8 Å². The minimum absolute atomic E-state index is 0.154. The van der Waals surface area contributed by atoms with Gasteiger partial charge >= 0.3 is 0 Å². The molecule has 1 aliphatic heterocycles. The molecule has 2 aromatic carbocycles. The Kier molecular flexibility index (Phi) is 6.91. The van der Waals surface area contributed by atoms with Crippen molar-refractivity contribution in [3.05, 3.63) is 77.7 Å². The number of carbonyl (C=O) groups is 2. The van der Waals surface area contributed by atoms with E-state index in [4.69, 9.17) is 9.47 Å². The van der Waals surface area contributed by atoms with E-state index in [-0.39, 0.29) is 17.6 Å². The maximum atomic E-state index is 13.5. The molecule has 0 saturated carbocycles. The molecule has 1 aliphatic rings. The lowest BCUT2D eigenvalue weighted by atomic mass is 10.1. The minimum Gasteiger partial charge on any atom is -0.497 e. The van der Waals surface area contributed by atoms with Gasteiger partial charge in [0.2, 0.25) is 0 Å². The van der Waals surface area contributed by atoms with Gasteiger partial charge in [-0.3, -0.25) is 9.59 Å². The van der Waals surface area contributed by atoms with Gasteiger partial charge < -0.3 is 24.6 Å². The fourth-order valence-corrected chi connectivity index (χ4v) is 3.78. The molecule has 0 radical (unpaired) electrons. The number of rotatable bonds is 6. The number of amides is 2. The van der Waals surface area contributed by atoms with Crippen LogP contribution in [0.3, 0.4) is 0 Å². The smallest absolute Gasteiger partial charge is 0.257 e. The molecule has 1 fully saturated rings. The number of ether oxygens (including phenoxy) is 2. The van der Waals surface area contributed by atoms with E-state index in [0.29, 0.717) is 60.3 Å². The Balaban J connectivity index is 1.44. The number of carbonyl (C=O) groups excluding carboxylic acids is 2. The van der Waals surface area contributed by atoms with E-state index >= 15 is 0 Å². The number of nitrogens with one attached hydrogen (secondary N) is 1. The first-order valence-corrected chi connectivity index (χ1v) is 10.8. The number of halogens is 1. The molecule has 2 amide bonds. The molecule has 0 bridgehead atoms. The van der Waals surface area contributed by atoms with E-state index in [1.165, 1.54) is 26.4 Å². The van der Waals surface area contributed by atoms with Crippen molar-refractivity contribution in [1.29, 1.82) is 0 Å². The van der Waals surface area contributed by atoms with Crippen molar-refractivity contribution in [3.8, 4) is 11.5 Å². The van der Waals surface area contributed by atoms with E-state index < -0.39 is 0 Å². The first-order chi connectivity index (χ1) is 16.5. The molecule has 176 valence electrons. The van der Waals surface area contributed by atoms with Crippen LogP contribution in [0.25, 0.3) is 0 Å². The lowest BCUT2D eigenvalue weighted by molar-refractivity contribution is 0.0535. The van der Waals surface area contributed by atoms with E-state index in [1.54, 1.807) is 58.5 Å². The van der Waals surface area contributed by atoms with Crippen LogP contribution >= 0.6 is 0 Å². The first kappa shape index (κ1) is 23.0. The molecule has 1 saturated heterocycles. The summed E-state index contributed by atoms with van der Waals surface area (Å²) in [7, 11) is 3.06. The maximum Gasteiger partial charge on any atom is 0.257 e. The largest absolute Gasteiger partial charge is 0.497 e. The number of hydrogen-bond donors (Lipinski definition) is 1. The van der Waals surface area contributed by atoms with Crippen molar-refractivity contribution in [2.45, 2.75) is 0 Å². The van der Waals surface area contributed by atoms with Crippen molar-refractivity contribution in [3.63, 3.8) is 0 Å². The lowest BCUT2D eigenvalue weighted by Crippen LogP contribution is -2.50. The molecule has 1 N–H and O–H groups in total. The van der Waals surface area contributed by atoms with Crippen molar-refractivity contribution < 1.29 is 23.5 Å². The second kappa shape index (κ2) is 10.2. The zero-order valence-corrected chi connectivity index (χ0v) is 19.0. The third kappa shape index (κ3) is 5.09. The summed E-state index contributed by atoms with van der Waals surface area (Å²) in [6, 6.07) is 14.4. The molecule has 2 heterocycles. The molecular weight excluding hydrogens is 439 g/mol. The normalized spacial score (nSPS) is 13.4. The van der Waals surface area contributed by atoms with Gasteiger partial charge in [0.15, 0.2) is 0 Å². The van der Waals surface area contributed by atoms with Gasteiger partial charge in [-0.05, 0) is 42.5 Å². The van der Waals surface area contributed by atoms with Crippen molar-refractivity contribution >= 4 is 23.3 Å². The van der Waals surface area contributed by atoms with Crippen molar-refractivity contribution in [2.24, 2.45) is 0 Å². The summed E-state index contributed by atoms with van der Waals surface area (Å²) in [5.74, 6) is 0.669. The van der Waals surface area contributed by atoms with Crippen LogP contribution in [0.15, 0.2) is 60.8 Å². The predicted molar refractivity (Wildman–Crippen MR) is 125 cm³/mol. The SMILES string of the molecule is COc1cc(OC)cc(C(=O)N2CCN(C(=O)c3cccnc3Nc3cccc(F)c3)CC2)c1. The van der Waals surface area contributed by atoms with Crippen LogP contribution in [0.5, 0.6) is 11.5 Å². The lowest BCUT2D eigenvalue weighted by Gasteiger charge is -2.35. The number of pyridine rings is 1. The number of piperazine rings is 1. The number of hydrogen-bond acceptors (Lipinski definition) is 6. The van der Waals surface area contributed by atoms with Crippen LogP contribution in [0.2, 0.25) is 0 Å². The Bertz CT molecular complexity index is 1170. The van der Waals surface area contributed by atoms with Crippen LogP contribution in [0.4, 0.5) is 15.9 Å². The predicted octanol–water partition coefficient (Wildman–Crippen LogP) is 3.58. The second-order valence-electron chi connectivity index (χ2n) is 7.72. The highest BCUT2D eigenvalue weighted by atomic mass is 19.1. The van der Waals surface area contributed by atoms with Gasteiger partial charge in [0.05, 0.1) is 19.8 Å². The fourth-order valence-electron chi connectivity index (χ4n) is 3.78. The van der Waals surface area contributed by atoms with Gasteiger partial charge in [0.1, 0.15) is 23.1 Å². The average Bonchev–Trinajstić information content (AvgIpc) is 2.88. The second-order valence-corrected chi connectivity index (χ2v) is 7.72. The third-order valence-electron chi connectivity index (χ3n) is 5.58. The summed E-state index contributed by atoms with van der Waals surface area (Å²) >= 11 is 0. The molecule has 1 aromatic heterocycles. The molecule has 4 rings (SSSR count). The summed E-state index contributed by atoms with van der Waals surface area (Å²) in [6.07, 6.45) is 1.57. The Morgan fingerprint density at radius 2 is 1.53 bits per heavy atom. The summed E-state index contributed by atoms with van der Waals surface area (Å²) in [6.45, 7) is 1.52. The molecule has 34 heavy (non-hydrogen) atoms. The highest BCUT2D eigenvalue weighted by molar-refractivity contribution is 6.00. The molecular formula is C25H25FN4O4. The highest BCUT2D eigenvalue weighted by Gasteiger charge is 2.27. The average molecular weight is 464 g/mol. The standard InChI is InChI=1S/C25H25FN4O4/c1-33-20-13-17(14-21(16-20)34-2)24(31)29-9-11-30(12-10-29)25(32)22-7-4-8-27-23(22)28-19-6-3-5-18(26)15-19/h3-8,13-16H,9-12H2,1-2H3,(H,27,28). The van der Waals surface area contributed by atoms with Gasteiger partial charge in [-0.2, -0.15) is 0 Å². The van der Waals surface area contributed by atoms with E-state index in [2.05, 4.69) is 10.3 Å². The van der Waals surface area contributed by atoms with Gasteiger partial charge in [0, 0.05) is 49.7 Å². The number of nitrogens with zero attached hydrogens (tertiary/aromatic N) is 3. The number of methoxy groups -OCH3 is 2. The summed E-state index contributed by atoms with van der Waals surface area (Å²) in [5.41, 5.74) is 1.34. The monoisotopic (exact) mass is 464 g/mol. The van der Waals surface area contributed by atoms with Crippen LogP contribution in [-0.2, 0) is 0 Å². The van der Waals surface area contributed by atoms with Crippen LogP contribution in [0.1, 0.15) is 20.7 Å². The minimum atomic E-state index is -0.386. The van der Waals surface area contributed by atoms with Crippen molar-refractivity contribution in [2.75, 3.05) is 45.7 Å². The number of benzene rings is 2. The first-order valence-electron chi connectivity index (χ1n) is 10.8. The van der Waals surface area contributed by atoms with Crippen LogP contribution < -0.4 is 14.8 Å². The fraction of sp³-hybridized carbons (Fsp3) is 0.240. The number of aromatic nitrogens is 1. The van der Waals surface area contributed by atoms with Gasteiger partial charge in [-0.1, -0.05) is 6.07 Å². The Hall–Kier alpha value is -4.14. The Morgan fingerprint density at radius 1 is 0.882 bits per heavy atom. The molecule has 0 unspecified atom stereocenters. The Morgan fingerprint density at radius 3 is 2.15 bits per heavy atom. The quantitative estimate of drug-likeness (QED) is 0.601.